The number of aliphatic hydroxyl groups excluding tert-OH is 1. The van der Waals surface area contributed by atoms with Crippen LogP contribution in [0.2, 0.25) is 0 Å². The minimum absolute atomic E-state index is 0.534. The molecule has 0 aromatic carbocycles. The number of hydrogen-bond acceptors (Lipinski definition) is 3. The Bertz CT molecular complexity index is 856. The minimum atomic E-state index is -8.92. The maximum absolute atomic E-state index is 13.6. The van der Waals surface area contributed by atoms with Crippen molar-refractivity contribution in [2.75, 3.05) is 0 Å². The number of alkyl halides is 18. The second kappa shape index (κ2) is 8.74. The van der Waals surface area contributed by atoms with Crippen LogP contribution in [0.3, 0.4) is 0 Å². The third-order valence-corrected chi connectivity index (χ3v) is 4.21. The molecular formula is C15H10F18O3. The fourth-order valence-corrected chi connectivity index (χ4v) is 1.90. The smallest absolute Gasteiger partial charge is 0.385 e. The van der Waals surface area contributed by atoms with Gasteiger partial charge in [0.05, 0.1) is 0 Å². The predicted octanol–water partition coefficient (Wildman–Crippen LogP) is 6.16. The second-order valence-corrected chi connectivity index (χ2v) is 7.07. The Balaban J connectivity index is 6.89. The molecule has 0 spiro atoms. The molecule has 36 heavy (non-hydrogen) atoms. The van der Waals surface area contributed by atoms with E-state index in [0.29, 0.717) is 6.92 Å². The molecule has 0 saturated carbocycles. The molecule has 0 fully saturated rings. The van der Waals surface area contributed by atoms with Crippen molar-refractivity contribution < 1.29 is 93.7 Å². The van der Waals surface area contributed by atoms with Crippen LogP contribution < -0.4 is 0 Å². The summed E-state index contributed by atoms with van der Waals surface area (Å²) >= 11 is 0. The molecule has 0 amide bonds. The van der Waals surface area contributed by atoms with Crippen molar-refractivity contribution in [1.82, 2.24) is 0 Å². The van der Waals surface area contributed by atoms with Crippen molar-refractivity contribution >= 4 is 5.97 Å². The molecule has 214 valence electrons. The first-order valence-corrected chi connectivity index (χ1v) is 8.20. The lowest BCUT2D eigenvalue weighted by molar-refractivity contribution is -0.467. The fraction of sp³-hybridized carbons (Fsp3) is 0.800. The summed E-state index contributed by atoms with van der Waals surface area (Å²) in [6.07, 6.45) is -4.95. The van der Waals surface area contributed by atoms with Crippen molar-refractivity contribution in [3.8, 4) is 0 Å². The van der Waals surface area contributed by atoms with E-state index < -0.39 is 78.1 Å². The molecule has 0 rings (SSSR count). The highest BCUT2D eigenvalue weighted by molar-refractivity contribution is 5.87. The van der Waals surface area contributed by atoms with Crippen molar-refractivity contribution in [2.24, 2.45) is 0 Å². The number of esters is 1. The highest BCUT2D eigenvalue weighted by Crippen LogP contribution is 2.65. The zero-order valence-electron chi connectivity index (χ0n) is 16.9. The molecule has 0 radical (unpaired) electrons. The number of ether oxygens (including phenoxy) is 1. The molecule has 0 saturated heterocycles. The number of carbonyl (C=O) groups is 1. The molecule has 0 aliphatic heterocycles. The van der Waals surface area contributed by atoms with E-state index in [-0.39, 0.29) is 0 Å². The highest BCUT2D eigenvalue weighted by Gasteiger charge is 2.96. The van der Waals surface area contributed by atoms with E-state index in [1.165, 1.54) is 0 Å². The maximum atomic E-state index is 13.6. The molecule has 1 atom stereocenters. The number of aliphatic hydroxyl groups is 1. The zero-order valence-corrected chi connectivity index (χ0v) is 16.9. The van der Waals surface area contributed by atoms with Crippen molar-refractivity contribution in [3.63, 3.8) is 0 Å². The Morgan fingerprint density at radius 2 is 0.861 bits per heavy atom. The quantitative estimate of drug-likeness (QED) is 0.138. The normalized spacial score (nSPS) is 16.6. The topological polar surface area (TPSA) is 46.5 Å². The molecule has 0 heterocycles. The summed E-state index contributed by atoms with van der Waals surface area (Å²) < 4.78 is 244. The van der Waals surface area contributed by atoms with Gasteiger partial charge in [0.15, 0.2) is 0 Å². The first-order chi connectivity index (χ1) is 15.2. The van der Waals surface area contributed by atoms with E-state index in [1.807, 2.05) is 0 Å². The first-order valence-electron chi connectivity index (χ1n) is 8.20. The Morgan fingerprint density at radius 1 is 0.611 bits per heavy atom. The van der Waals surface area contributed by atoms with Gasteiger partial charge in [-0.3, -0.25) is 0 Å². The Kier molecular flexibility index (Phi) is 8.24. The highest BCUT2D eigenvalue weighted by atomic mass is 19.4. The van der Waals surface area contributed by atoms with Crippen LogP contribution >= 0.6 is 0 Å². The van der Waals surface area contributed by atoms with Gasteiger partial charge in [0.2, 0.25) is 0 Å². The number of halogens is 18. The Hall–Kier alpha value is -2.09. The molecule has 0 aromatic heterocycles. The minimum Gasteiger partial charge on any atom is -0.426 e. The summed E-state index contributed by atoms with van der Waals surface area (Å²) in [7, 11) is 0. The largest absolute Gasteiger partial charge is 0.426 e. The monoisotopic (exact) mass is 580 g/mol. The standard InChI is InChI=1S/C15H10F18O3/c1-4(2)5(34)36-6(35)8(18,19)10(22,23)12(26,27)14(30,31)15(32,33)13(28,29)11(24,25)9(20,21)7(3,16)17/h6,35H,1H2,2-3H3. The van der Waals surface area contributed by atoms with Crippen LogP contribution in [0.5, 0.6) is 0 Å². The van der Waals surface area contributed by atoms with Gasteiger partial charge in [-0.25, -0.2) is 4.79 Å². The first kappa shape index (κ1) is 33.9. The molecule has 0 aliphatic rings. The molecule has 0 aromatic rings. The van der Waals surface area contributed by atoms with Gasteiger partial charge in [-0.05, 0) is 6.92 Å². The summed E-state index contributed by atoms with van der Waals surface area (Å²) in [5.74, 6) is -75.8. The fourth-order valence-electron chi connectivity index (χ4n) is 1.90. The zero-order chi connectivity index (χ0) is 29.9. The van der Waals surface area contributed by atoms with Crippen LogP contribution in [-0.2, 0) is 9.53 Å². The Labute approximate surface area is 186 Å². The van der Waals surface area contributed by atoms with Gasteiger partial charge in [-0.1, -0.05) is 6.58 Å². The molecular weight excluding hydrogens is 570 g/mol. The molecule has 3 nitrogen and oxygen atoms in total. The maximum Gasteiger partial charge on any atom is 0.385 e. The van der Waals surface area contributed by atoms with Gasteiger partial charge in [0.1, 0.15) is 0 Å². The predicted molar refractivity (Wildman–Crippen MR) is 77.1 cm³/mol. The van der Waals surface area contributed by atoms with E-state index in [4.69, 9.17) is 5.11 Å². The van der Waals surface area contributed by atoms with Crippen molar-refractivity contribution in [1.29, 1.82) is 0 Å². The number of carbonyl (C=O) groups excluding carboxylic acids is 1. The van der Waals surface area contributed by atoms with Gasteiger partial charge in [-0.2, -0.15) is 79.0 Å². The summed E-state index contributed by atoms with van der Waals surface area (Å²) in [6, 6.07) is 0. The number of rotatable bonds is 11. The van der Waals surface area contributed by atoms with E-state index in [1.54, 1.807) is 0 Å². The third kappa shape index (κ3) is 4.33. The van der Waals surface area contributed by atoms with Crippen LogP contribution in [0.15, 0.2) is 12.2 Å². The van der Waals surface area contributed by atoms with E-state index in [2.05, 4.69) is 11.3 Å². The average molecular weight is 580 g/mol. The van der Waals surface area contributed by atoms with Gasteiger partial charge in [0.25, 0.3) is 6.29 Å². The molecule has 1 unspecified atom stereocenters. The lowest BCUT2D eigenvalue weighted by Crippen LogP contribution is -2.76. The lowest BCUT2D eigenvalue weighted by Gasteiger charge is -2.44. The van der Waals surface area contributed by atoms with Gasteiger partial charge in [-0.15, -0.1) is 0 Å². The van der Waals surface area contributed by atoms with Gasteiger partial charge >= 0.3 is 59.3 Å². The van der Waals surface area contributed by atoms with Gasteiger partial charge < -0.3 is 9.84 Å². The lowest BCUT2D eigenvalue weighted by atomic mass is 9.86. The van der Waals surface area contributed by atoms with E-state index >= 15 is 0 Å². The summed E-state index contributed by atoms with van der Waals surface area (Å²) in [5.41, 5.74) is -1.06. The van der Waals surface area contributed by atoms with Crippen molar-refractivity contribution in [3.05, 3.63) is 12.2 Å². The van der Waals surface area contributed by atoms with E-state index in [9.17, 15) is 83.8 Å². The average Bonchev–Trinajstić information content (AvgIpc) is 2.65. The van der Waals surface area contributed by atoms with Crippen LogP contribution in [0.4, 0.5) is 79.0 Å². The molecule has 0 aliphatic carbocycles. The van der Waals surface area contributed by atoms with Crippen LogP contribution in [0.1, 0.15) is 13.8 Å². The Morgan fingerprint density at radius 3 is 1.11 bits per heavy atom. The molecule has 21 heteroatoms. The van der Waals surface area contributed by atoms with Gasteiger partial charge in [0, 0.05) is 12.5 Å². The molecule has 1 N–H and O–H groups in total. The summed E-state index contributed by atoms with van der Waals surface area (Å²) in [6.45, 7) is 1.80. The summed E-state index contributed by atoms with van der Waals surface area (Å²) in [5, 5.41) is 8.72. The number of hydrogen-bond donors (Lipinski definition) is 1. The van der Waals surface area contributed by atoms with Crippen LogP contribution in [-0.4, -0.2) is 70.7 Å². The van der Waals surface area contributed by atoms with E-state index in [0.717, 1.165) is 0 Å². The van der Waals surface area contributed by atoms with Crippen molar-refractivity contribution in [2.45, 2.75) is 73.4 Å². The summed E-state index contributed by atoms with van der Waals surface area (Å²) in [4.78, 5) is 10.9. The third-order valence-electron chi connectivity index (χ3n) is 4.21. The van der Waals surface area contributed by atoms with Crippen LogP contribution in [0, 0.1) is 0 Å². The second-order valence-electron chi connectivity index (χ2n) is 7.07. The van der Waals surface area contributed by atoms with Crippen LogP contribution in [0.25, 0.3) is 0 Å². The molecule has 0 bridgehead atoms. The SMILES string of the molecule is C=C(C)C(=O)OC(O)C(F)(F)C(F)(F)C(F)(F)C(F)(F)C(F)(F)C(F)(F)C(F)(F)C(F)(F)C(C)(F)F.